The third kappa shape index (κ3) is 9.83. The fraction of sp³-hybridized carbons (Fsp3) is 1.00. The lowest BCUT2D eigenvalue weighted by Crippen LogP contribution is -2.32. The molecule has 0 fully saturated rings. The minimum absolute atomic E-state index is 0.400. The van der Waals surface area contributed by atoms with Gasteiger partial charge < -0.3 is 4.90 Å². The summed E-state index contributed by atoms with van der Waals surface area (Å²) in [6.07, 6.45) is 0.767. The zero-order chi connectivity index (χ0) is 8.91. The molecular formula is C5H15N3O2S. The van der Waals surface area contributed by atoms with E-state index in [2.05, 4.69) is 4.72 Å². The molecule has 0 aliphatic heterocycles. The molecule has 0 unspecified atom stereocenters. The van der Waals surface area contributed by atoms with E-state index in [4.69, 9.17) is 5.14 Å². The van der Waals surface area contributed by atoms with Crippen molar-refractivity contribution in [3.8, 4) is 0 Å². The van der Waals surface area contributed by atoms with Gasteiger partial charge >= 0.3 is 0 Å². The van der Waals surface area contributed by atoms with Crippen LogP contribution in [-0.4, -0.2) is 40.5 Å². The molecule has 0 amide bonds. The molecule has 0 bridgehead atoms. The molecule has 11 heavy (non-hydrogen) atoms. The van der Waals surface area contributed by atoms with Crippen LogP contribution in [0.25, 0.3) is 0 Å². The Morgan fingerprint density at radius 3 is 2.36 bits per heavy atom. The SMILES string of the molecule is CN(C)CCCNS(N)(=O)=O. The van der Waals surface area contributed by atoms with E-state index < -0.39 is 10.2 Å². The summed E-state index contributed by atoms with van der Waals surface area (Å²) in [6.45, 7) is 1.25. The molecule has 0 saturated heterocycles. The summed E-state index contributed by atoms with van der Waals surface area (Å²) in [6, 6.07) is 0. The smallest absolute Gasteiger partial charge is 0.274 e. The highest BCUT2D eigenvalue weighted by molar-refractivity contribution is 7.87. The van der Waals surface area contributed by atoms with Crippen LogP contribution in [0.15, 0.2) is 0 Å². The van der Waals surface area contributed by atoms with E-state index in [0.717, 1.165) is 13.0 Å². The monoisotopic (exact) mass is 181 g/mol. The van der Waals surface area contributed by atoms with Crippen LogP contribution in [0.2, 0.25) is 0 Å². The second kappa shape index (κ2) is 4.66. The quantitative estimate of drug-likeness (QED) is 0.519. The predicted octanol–water partition coefficient (Wildman–Crippen LogP) is -1.27. The van der Waals surface area contributed by atoms with Crippen molar-refractivity contribution in [3.63, 3.8) is 0 Å². The molecule has 0 aromatic heterocycles. The van der Waals surface area contributed by atoms with Gasteiger partial charge in [-0.25, -0.2) is 9.86 Å². The lowest BCUT2D eigenvalue weighted by molar-refractivity contribution is 0.400. The molecule has 0 saturated carbocycles. The number of nitrogens with two attached hydrogens (primary N) is 1. The van der Waals surface area contributed by atoms with Crippen molar-refractivity contribution in [3.05, 3.63) is 0 Å². The van der Waals surface area contributed by atoms with Crippen LogP contribution in [0.3, 0.4) is 0 Å². The van der Waals surface area contributed by atoms with Gasteiger partial charge in [-0.05, 0) is 27.1 Å². The van der Waals surface area contributed by atoms with E-state index in [0.29, 0.717) is 6.54 Å². The third-order valence-corrected chi connectivity index (χ3v) is 1.69. The van der Waals surface area contributed by atoms with E-state index in [9.17, 15) is 8.42 Å². The van der Waals surface area contributed by atoms with Gasteiger partial charge in [0.15, 0.2) is 0 Å². The van der Waals surface area contributed by atoms with E-state index in [1.807, 2.05) is 19.0 Å². The van der Waals surface area contributed by atoms with Crippen molar-refractivity contribution in [2.75, 3.05) is 27.2 Å². The van der Waals surface area contributed by atoms with Crippen LogP contribution in [0.1, 0.15) is 6.42 Å². The Morgan fingerprint density at radius 1 is 1.45 bits per heavy atom. The molecule has 68 valence electrons. The molecule has 0 atom stereocenters. The largest absolute Gasteiger partial charge is 0.309 e. The van der Waals surface area contributed by atoms with Crippen LogP contribution < -0.4 is 9.86 Å². The molecule has 0 aliphatic rings. The first-order valence-electron chi connectivity index (χ1n) is 3.34. The fourth-order valence-electron chi connectivity index (χ4n) is 0.610. The first-order chi connectivity index (χ1) is 4.92. The minimum Gasteiger partial charge on any atom is -0.309 e. The molecule has 0 spiro atoms. The van der Waals surface area contributed by atoms with Gasteiger partial charge in [-0.1, -0.05) is 0 Å². The van der Waals surface area contributed by atoms with Crippen molar-refractivity contribution >= 4 is 10.2 Å². The third-order valence-electron chi connectivity index (χ3n) is 1.09. The Bertz CT molecular complexity index is 188. The summed E-state index contributed by atoms with van der Waals surface area (Å²) in [7, 11) is 0.364. The van der Waals surface area contributed by atoms with Crippen molar-refractivity contribution in [2.45, 2.75) is 6.42 Å². The lowest BCUT2D eigenvalue weighted by atomic mass is 10.4. The number of nitrogens with one attached hydrogen (secondary N) is 1. The maximum Gasteiger partial charge on any atom is 0.274 e. The Kier molecular flexibility index (Phi) is 4.58. The highest BCUT2D eigenvalue weighted by Crippen LogP contribution is 1.80. The molecule has 6 heteroatoms. The molecule has 0 aromatic rings. The maximum absolute atomic E-state index is 10.3. The van der Waals surface area contributed by atoms with Gasteiger partial charge in [0.2, 0.25) is 0 Å². The van der Waals surface area contributed by atoms with Gasteiger partial charge in [0.25, 0.3) is 10.2 Å². The van der Waals surface area contributed by atoms with E-state index in [1.54, 1.807) is 0 Å². The van der Waals surface area contributed by atoms with E-state index in [1.165, 1.54) is 0 Å². The van der Waals surface area contributed by atoms with Crippen molar-refractivity contribution < 1.29 is 8.42 Å². The molecule has 0 radical (unpaired) electrons. The van der Waals surface area contributed by atoms with Crippen LogP contribution in [0, 0.1) is 0 Å². The van der Waals surface area contributed by atoms with E-state index >= 15 is 0 Å². The molecule has 0 heterocycles. The van der Waals surface area contributed by atoms with Gasteiger partial charge in [-0.15, -0.1) is 0 Å². The summed E-state index contributed by atoms with van der Waals surface area (Å²) < 4.78 is 22.9. The summed E-state index contributed by atoms with van der Waals surface area (Å²) in [4.78, 5) is 1.98. The number of hydrogen-bond acceptors (Lipinski definition) is 3. The lowest BCUT2D eigenvalue weighted by Gasteiger charge is -2.08. The topological polar surface area (TPSA) is 75.4 Å². The van der Waals surface area contributed by atoms with Gasteiger partial charge in [0.05, 0.1) is 0 Å². The number of hydrogen-bond donors (Lipinski definition) is 2. The molecule has 0 rings (SSSR count). The average Bonchev–Trinajstić information content (AvgIpc) is 1.78. The van der Waals surface area contributed by atoms with Crippen LogP contribution >= 0.6 is 0 Å². The van der Waals surface area contributed by atoms with Crippen molar-refractivity contribution in [1.29, 1.82) is 0 Å². The van der Waals surface area contributed by atoms with Crippen LogP contribution in [0.5, 0.6) is 0 Å². The number of nitrogens with zero attached hydrogens (tertiary/aromatic N) is 1. The summed E-state index contributed by atoms with van der Waals surface area (Å²) in [5.74, 6) is 0. The average molecular weight is 181 g/mol. The molecular weight excluding hydrogens is 166 g/mol. The summed E-state index contributed by atoms with van der Waals surface area (Å²) in [5.41, 5.74) is 0. The first kappa shape index (κ1) is 10.8. The summed E-state index contributed by atoms with van der Waals surface area (Å²) in [5, 5.41) is 4.70. The molecule has 5 nitrogen and oxygen atoms in total. The second-order valence-corrected chi connectivity index (χ2v) is 3.97. The second-order valence-electron chi connectivity index (χ2n) is 2.60. The van der Waals surface area contributed by atoms with Crippen molar-refractivity contribution in [2.24, 2.45) is 5.14 Å². The summed E-state index contributed by atoms with van der Waals surface area (Å²) >= 11 is 0. The van der Waals surface area contributed by atoms with Gasteiger partial charge in [0.1, 0.15) is 0 Å². The highest BCUT2D eigenvalue weighted by Gasteiger charge is 1.98. The zero-order valence-electron chi connectivity index (χ0n) is 6.87. The molecule has 0 aliphatic carbocycles. The van der Waals surface area contributed by atoms with Gasteiger partial charge in [-0.2, -0.15) is 8.42 Å². The first-order valence-corrected chi connectivity index (χ1v) is 4.88. The van der Waals surface area contributed by atoms with E-state index in [-0.39, 0.29) is 0 Å². The fourth-order valence-corrected chi connectivity index (χ4v) is 1.04. The molecule has 3 N–H and O–H groups in total. The van der Waals surface area contributed by atoms with Crippen molar-refractivity contribution in [1.82, 2.24) is 9.62 Å². The predicted molar refractivity (Wildman–Crippen MR) is 44.3 cm³/mol. The number of rotatable bonds is 5. The zero-order valence-corrected chi connectivity index (χ0v) is 7.69. The standard InChI is InChI=1S/C5H15N3O2S/c1-8(2)5-3-4-7-11(6,9)10/h7H,3-5H2,1-2H3,(H2,6,9,10). The van der Waals surface area contributed by atoms with Gasteiger partial charge in [0, 0.05) is 6.54 Å². The van der Waals surface area contributed by atoms with Crippen LogP contribution in [0.4, 0.5) is 0 Å². The Labute approximate surface area is 67.7 Å². The maximum atomic E-state index is 10.3. The Balaban J connectivity index is 3.30. The van der Waals surface area contributed by atoms with Crippen LogP contribution in [-0.2, 0) is 10.2 Å². The van der Waals surface area contributed by atoms with Gasteiger partial charge in [-0.3, -0.25) is 0 Å². The molecule has 0 aromatic carbocycles. The Morgan fingerprint density at radius 2 is 2.00 bits per heavy atom. The highest BCUT2D eigenvalue weighted by atomic mass is 32.2. The Hall–Kier alpha value is -0.170. The normalized spacial score (nSPS) is 12.4. The minimum atomic E-state index is -3.49.